The highest BCUT2D eigenvalue weighted by Crippen LogP contribution is 2.48. The van der Waals surface area contributed by atoms with Crippen LogP contribution >= 0.6 is 11.3 Å². The molecule has 1 aliphatic heterocycles. The van der Waals surface area contributed by atoms with E-state index in [4.69, 9.17) is 0 Å². The number of amidine groups is 1. The van der Waals surface area contributed by atoms with E-state index in [1.165, 1.54) is 0 Å². The van der Waals surface area contributed by atoms with E-state index in [-0.39, 0.29) is 17.4 Å². The maximum absolute atomic E-state index is 13.3. The molecule has 5 heteroatoms. The Kier molecular flexibility index (Phi) is 5.27. The fourth-order valence-corrected chi connectivity index (χ4v) is 5.51. The third-order valence-electron chi connectivity index (χ3n) is 6.18. The molecule has 0 saturated heterocycles. The van der Waals surface area contributed by atoms with E-state index in [0.717, 1.165) is 34.7 Å². The van der Waals surface area contributed by atoms with Crippen molar-refractivity contribution in [1.29, 1.82) is 5.41 Å². The minimum absolute atomic E-state index is 0.0519. The van der Waals surface area contributed by atoms with Gasteiger partial charge >= 0.3 is 0 Å². The molecule has 1 aromatic heterocycles. The van der Waals surface area contributed by atoms with Crippen LogP contribution in [-0.2, 0) is 4.79 Å². The first-order chi connectivity index (χ1) is 15.6. The molecule has 2 N–H and O–H groups in total. The third-order valence-corrected chi connectivity index (χ3v) is 7.11. The average Bonchev–Trinajstić information content (AvgIpc) is 3.34. The Hall–Kier alpha value is -3.44. The summed E-state index contributed by atoms with van der Waals surface area (Å²) in [6.45, 7) is 2.03. The zero-order chi connectivity index (χ0) is 22.2. The molecular weight excluding hydrogens is 416 g/mol. The molecule has 4 nitrogen and oxygen atoms in total. The highest BCUT2D eigenvalue weighted by molar-refractivity contribution is 7.10. The van der Waals surface area contributed by atoms with Crippen molar-refractivity contribution in [3.63, 3.8) is 0 Å². The molecule has 0 saturated carbocycles. The number of nitrogens with zero attached hydrogens (tertiary/aromatic N) is 1. The first-order valence-electron chi connectivity index (χ1n) is 10.8. The molecule has 3 aromatic rings. The predicted octanol–water partition coefficient (Wildman–Crippen LogP) is 6.61. The third kappa shape index (κ3) is 3.39. The molecule has 0 amide bonds. The number of carbonyl (C=O) groups is 1. The Balaban J connectivity index is 1.81. The molecule has 2 aromatic carbocycles. The molecular formula is C27H24N2O2S. The second kappa shape index (κ2) is 8.24. The van der Waals surface area contributed by atoms with Gasteiger partial charge < -0.3 is 5.11 Å². The van der Waals surface area contributed by atoms with Crippen LogP contribution in [0.2, 0.25) is 0 Å². The quantitative estimate of drug-likeness (QED) is 0.450. The molecule has 0 fully saturated rings. The largest absolute Gasteiger partial charge is 0.507 e. The Labute approximate surface area is 191 Å². The van der Waals surface area contributed by atoms with Crippen molar-refractivity contribution < 1.29 is 9.90 Å². The molecule has 160 valence electrons. The number of nitrogens with one attached hydrogen (secondary N) is 1. The summed E-state index contributed by atoms with van der Waals surface area (Å²) in [5.41, 5.74) is 4.69. The molecule has 0 spiro atoms. The second-order valence-corrected chi connectivity index (χ2v) is 9.21. The lowest BCUT2D eigenvalue weighted by atomic mass is 9.76. The van der Waals surface area contributed by atoms with Crippen LogP contribution in [0, 0.1) is 12.3 Å². The molecule has 2 aliphatic rings. The highest BCUT2D eigenvalue weighted by Gasteiger charge is 2.43. The number of benzene rings is 2. The summed E-state index contributed by atoms with van der Waals surface area (Å²) in [4.78, 5) is 16.2. The van der Waals surface area contributed by atoms with Crippen LogP contribution in [0.25, 0.3) is 5.76 Å². The van der Waals surface area contributed by atoms with Crippen molar-refractivity contribution >= 4 is 34.4 Å². The predicted molar refractivity (Wildman–Crippen MR) is 130 cm³/mol. The average molecular weight is 441 g/mol. The molecule has 1 aliphatic carbocycles. The minimum Gasteiger partial charge on any atom is -0.507 e. The van der Waals surface area contributed by atoms with Crippen molar-refractivity contribution in [3.05, 3.63) is 105 Å². The summed E-state index contributed by atoms with van der Waals surface area (Å²) in [6, 6.07) is 21.3. The van der Waals surface area contributed by atoms with Crippen LogP contribution in [0.3, 0.4) is 0 Å². The van der Waals surface area contributed by atoms with E-state index < -0.39 is 5.92 Å². The lowest BCUT2D eigenvalue weighted by molar-refractivity contribution is -0.116. The smallest absolute Gasteiger partial charge is 0.161 e. The van der Waals surface area contributed by atoms with Crippen molar-refractivity contribution in [2.75, 3.05) is 4.90 Å². The van der Waals surface area contributed by atoms with E-state index >= 15 is 0 Å². The molecule has 1 atom stereocenters. The van der Waals surface area contributed by atoms with Gasteiger partial charge in [-0.1, -0.05) is 54.1 Å². The molecule has 32 heavy (non-hydrogen) atoms. The highest BCUT2D eigenvalue weighted by atomic mass is 32.1. The topological polar surface area (TPSA) is 64.4 Å². The van der Waals surface area contributed by atoms with Crippen LogP contribution in [-0.4, -0.2) is 16.7 Å². The van der Waals surface area contributed by atoms with Gasteiger partial charge in [0.15, 0.2) is 5.78 Å². The summed E-state index contributed by atoms with van der Waals surface area (Å²) >= 11 is 1.56. The number of hydrogen-bond donors (Lipinski definition) is 2. The number of thiophene rings is 1. The van der Waals surface area contributed by atoms with Crippen LogP contribution in [0.5, 0.6) is 0 Å². The van der Waals surface area contributed by atoms with Gasteiger partial charge in [-0.05, 0) is 43.3 Å². The summed E-state index contributed by atoms with van der Waals surface area (Å²) in [5, 5.41) is 22.7. The Bertz CT molecular complexity index is 1240. The van der Waals surface area contributed by atoms with Crippen molar-refractivity contribution in [1.82, 2.24) is 0 Å². The molecule has 1 unspecified atom stereocenters. The van der Waals surface area contributed by atoms with E-state index in [1.807, 2.05) is 83.9 Å². The maximum atomic E-state index is 13.3. The lowest BCUT2D eigenvalue weighted by Crippen LogP contribution is -2.42. The van der Waals surface area contributed by atoms with Gasteiger partial charge in [0.25, 0.3) is 0 Å². The first-order valence-corrected chi connectivity index (χ1v) is 11.7. The Morgan fingerprint density at radius 2 is 1.78 bits per heavy atom. The zero-order valence-corrected chi connectivity index (χ0v) is 18.7. The summed E-state index contributed by atoms with van der Waals surface area (Å²) in [5.74, 6) is -0.0575. The van der Waals surface area contributed by atoms with Gasteiger partial charge in [0.05, 0.1) is 11.5 Å². The van der Waals surface area contributed by atoms with Gasteiger partial charge in [-0.25, -0.2) is 0 Å². The number of aliphatic hydroxyl groups excluding tert-OH is 1. The van der Waals surface area contributed by atoms with Crippen LogP contribution in [0.1, 0.15) is 41.2 Å². The molecule has 0 radical (unpaired) electrons. The second-order valence-electron chi connectivity index (χ2n) is 8.23. The zero-order valence-electron chi connectivity index (χ0n) is 17.8. The SMILES string of the molecule is Cc1ccc(N2C(=N)/C(=C(/O)c3ccccc3)C(c3cccs3)C3=C2CCCC3=O)cc1. The van der Waals surface area contributed by atoms with Crippen LogP contribution in [0.4, 0.5) is 5.69 Å². The fraction of sp³-hybridized carbons (Fsp3) is 0.185. The van der Waals surface area contributed by atoms with E-state index in [1.54, 1.807) is 11.3 Å². The Morgan fingerprint density at radius 1 is 1.03 bits per heavy atom. The first kappa shape index (κ1) is 20.5. The van der Waals surface area contributed by atoms with Gasteiger partial charge in [0.1, 0.15) is 11.6 Å². The standard InChI is InChI=1S/C27H24N2O2S/c1-17-12-14-19(15-13-17)29-20-9-5-10-21(30)23(20)24(22-11-6-16-32-22)25(27(29)28)26(31)18-7-3-2-4-8-18/h2-4,6-8,11-16,24,28,31H,5,9-10H2,1H3/b26-25+,28-27?. The number of carbonyl (C=O) groups excluding carboxylic acids is 1. The summed E-state index contributed by atoms with van der Waals surface area (Å²) in [6.07, 6.45) is 2.00. The number of anilines is 1. The van der Waals surface area contributed by atoms with Gasteiger partial charge in [0, 0.05) is 33.8 Å². The van der Waals surface area contributed by atoms with Gasteiger partial charge in [0.2, 0.25) is 0 Å². The summed E-state index contributed by atoms with van der Waals surface area (Å²) < 4.78 is 0. The van der Waals surface area contributed by atoms with Crippen LogP contribution < -0.4 is 4.90 Å². The molecule has 2 heterocycles. The number of aliphatic hydroxyl groups is 1. The fourth-order valence-electron chi connectivity index (χ4n) is 4.66. The van der Waals surface area contributed by atoms with Gasteiger partial charge in [-0.15, -0.1) is 11.3 Å². The molecule has 5 rings (SSSR count). The number of aryl methyl sites for hydroxylation is 1. The van der Waals surface area contributed by atoms with Crippen molar-refractivity contribution in [2.24, 2.45) is 0 Å². The minimum atomic E-state index is -0.438. The lowest BCUT2D eigenvalue weighted by Gasteiger charge is -2.41. The van der Waals surface area contributed by atoms with Crippen LogP contribution in [0.15, 0.2) is 89.0 Å². The van der Waals surface area contributed by atoms with Crippen molar-refractivity contribution in [2.45, 2.75) is 32.1 Å². The van der Waals surface area contributed by atoms with E-state index in [9.17, 15) is 15.3 Å². The molecule has 0 bridgehead atoms. The van der Waals surface area contributed by atoms with Gasteiger partial charge in [-0.3, -0.25) is 15.1 Å². The van der Waals surface area contributed by atoms with Gasteiger partial charge in [-0.2, -0.15) is 0 Å². The number of Topliss-reactive ketones (excluding diaryl/α,β-unsaturated/α-hetero) is 1. The van der Waals surface area contributed by atoms with E-state index in [0.29, 0.717) is 23.1 Å². The number of rotatable bonds is 3. The normalized spacial score (nSPS) is 20.4. The summed E-state index contributed by atoms with van der Waals surface area (Å²) in [7, 11) is 0. The van der Waals surface area contributed by atoms with Crippen molar-refractivity contribution in [3.8, 4) is 0 Å². The van der Waals surface area contributed by atoms with E-state index in [2.05, 4.69) is 0 Å². The number of hydrogen-bond acceptors (Lipinski definition) is 4. The number of ketones is 1. The number of allylic oxidation sites excluding steroid dienone is 2. The maximum Gasteiger partial charge on any atom is 0.161 e. The Morgan fingerprint density at radius 3 is 2.47 bits per heavy atom. The monoisotopic (exact) mass is 440 g/mol.